The summed E-state index contributed by atoms with van der Waals surface area (Å²) >= 11 is 0. The minimum atomic E-state index is -0.693. The zero-order chi connectivity index (χ0) is 33.3. The Hall–Kier alpha value is -4.35. The van der Waals surface area contributed by atoms with E-state index >= 15 is 0 Å². The Morgan fingerprint density at radius 3 is 2.32 bits per heavy atom. The molecule has 12 heteroatoms. The van der Waals surface area contributed by atoms with Gasteiger partial charge in [-0.2, -0.15) is 9.61 Å². The number of carbonyl (C=O) groups is 3. The lowest BCUT2D eigenvalue weighted by atomic mass is 10.0. The smallest absolute Gasteiger partial charge is 0.416 e. The van der Waals surface area contributed by atoms with E-state index in [0.717, 1.165) is 35.3 Å². The summed E-state index contributed by atoms with van der Waals surface area (Å²) in [7, 11) is 0. The first-order chi connectivity index (χ1) is 22.5. The lowest BCUT2D eigenvalue weighted by Crippen LogP contribution is -2.51. The van der Waals surface area contributed by atoms with Crippen LogP contribution in [0.25, 0.3) is 5.65 Å². The van der Waals surface area contributed by atoms with Crippen LogP contribution in [0.4, 0.5) is 20.2 Å². The predicted molar refractivity (Wildman–Crippen MR) is 175 cm³/mol. The SMILES string of the molecule is CC(C)c1cnn2c(N(C(=O)OC(C)(C)C)C3CCN(C(=O)O[C@H]4CCN(C(=O)OCc5ccccc5)C4)CC3)cc(C3CC3)nc12. The summed E-state index contributed by atoms with van der Waals surface area (Å²) in [6.07, 6.45) is 3.96. The molecule has 3 fully saturated rings. The van der Waals surface area contributed by atoms with Crippen molar-refractivity contribution in [2.45, 2.75) is 103 Å². The van der Waals surface area contributed by atoms with Gasteiger partial charge in [0.2, 0.25) is 0 Å². The van der Waals surface area contributed by atoms with Gasteiger partial charge in [0.15, 0.2) is 5.65 Å². The highest BCUT2D eigenvalue weighted by Gasteiger charge is 2.38. The highest BCUT2D eigenvalue weighted by Crippen LogP contribution is 2.41. The Kier molecular flexibility index (Phi) is 9.29. The van der Waals surface area contributed by atoms with Crippen LogP contribution in [0.5, 0.6) is 0 Å². The van der Waals surface area contributed by atoms with Crippen LogP contribution in [0, 0.1) is 0 Å². The van der Waals surface area contributed by atoms with Crippen LogP contribution in [0.2, 0.25) is 0 Å². The van der Waals surface area contributed by atoms with Gasteiger partial charge >= 0.3 is 18.3 Å². The molecule has 1 saturated carbocycles. The topological polar surface area (TPSA) is 119 Å². The Morgan fingerprint density at radius 1 is 0.957 bits per heavy atom. The molecule has 2 saturated heterocycles. The highest BCUT2D eigenvalue weighted by molar-refractivity contribution is 5.88. The molecule has 6 rings (SSSR count). The van der Waals surface area contributed by atoms with Crippen molar-refractivity contribution >= 4 is 29.7 Å². The van der Waals surface area contributed by atoms with Gasteiger partial charge < -0.3 is 24.0 Å². The van der Waals surface area contributed by atoms with E-state index in [0.29, 0.717) is 57.2 Å². The fourth-order valence-corrected chi connectivity index (χ4v) is 6.21. The second-order valence-electron chi connectivity index (χ2n) is 14.2. The van der Waals surface area contributed by atoms with Crippen LogP contribution in [0.15, 0.2) is 42.6 Å². The van der Waals surface area contributed by atoms with E-state index in [2.05, 4.69) is 18.9 Å². The van der Waals surface area contributed by atoms with Gasteiger partial charge in [0.05, 0.1) is 12.7 Å². The first kappa shape index (κ1) is 32.6. The van der Waals surface area contributed by atoms with Crippen molar-refractivity contribution in [1.29, 1.82) is 0 Å². The van der Waals surface area contributed by atoms with Crippen molar-refractivity contribution in [1.82, 2.24) is 24.4 Å². The molecule has 12 nitrogen and oxygen atoms in total. The van der Waals surface area contributed by atoms with Crippen molar-refractivity contribution in [3.8, 4) is 0 Å². The van der Waals surface area contributed by atoms with Crippen LogP contribution in [0.3, 0.4) is 0 Å². The third kappa shape index (κ3) is 7.63. The quantitative estimate of drug-likeness (QED) is 0.268. The van der Waals surface area contributed by atoms with E-state index in [1.165, 1.54) is 0 Å². The number of rotatable bonds is 7. The first-order valence-corrected chi connectivity index (χ1v) is 16.8. The lowest BCUT2D eigenvalue weighted by Gasteiger charge is -2.38. The van der Waals surface area contributed by atoms with E-state index < -0.39 is 30.0 Å². The zero-order valence-electron chi connectivity index (χ0n) is 28.1. The third-order valence-electron chi connectivity index (χ3n) is 8.92. The molecule has 0 spiro atoms. The normalized spacial score (nSPS) is 18.9. The van der Waals surface area contributed by atoms with E-state index in [1.54, 1.807) is 19.2 Å². The van der Waals surface area contributed by atoms with Crippen molar-refractivity contribution in [2.24, 2.45) is 0 Å². The number of benzene rings is 1. The molecular formula is C35H46N6O6. The molecule has 3 amide bonds. The number of amides is 3. The Bertz CT molecular complexity index is 1590. The molecule has 0 bridgehead atoms. The molecule has 3 aromatic rings. The molecule has 0 radical (unpaired) electrons. The number of nitrogens with zero attached hydrogens (tertiary/aromatic N) is 6. The maximum atomic E-state index is 13.9. The summed E-state index contributed by atoms with van der Waals surface area (Å²) in [6, 6.07) is 11.3. The largest absolute Gasteiger partial charge is 0.445 e. The van der Waals surface area contributed by atoms with Crippen LogP contribution in [0.1, 0.15) is 95.4 Å². The summed E-state index contributed by atoms with van der Waals surface area (Å²) in [4.78, 5) is 49.7. The maximum absolute atomic E-state index is 13.9. The number of anilines is 1. The number of likely N-dealkylation sites (tertiary alicyclic amines) is 2. The maximum Gasteiger partial charge on any atom is 0.416 e. The molecule has 1 aliphatic carbocycles. The number of ether oxygens (including phenoxy) is 3. The van der Waals surface area contributed by atoms with Crippen LogP contribution in [-0.2, 0) is 20.8 Å². The average molecular weight is 647 g/mol. The van der Waals surface area contributed by atoms with Crippen molar-refractivity contribution in [3.63, 3.8) is 0 Å². The first-order valence-electron chi connectivity index (χ1n) is 16.8. The molecule has 0 N–H and O–H groups in total. The van der Waals surface area contributed by atoms with E-state index in [9.17, 15) is 14.4 Å². The molecule has 2 aliphatic heterocycles. The summed E-state index contributed by atoms with van der Waals surface area (Å²) < 4.78 is 19.0. The second-order valence-corrected chi connectivity index (χ2v) is 14.2. The average Bonchev–Trinajstić information content (AvgIpc) is 3.62. The number of carbonyl (C=O) groups excluding carboxylic acids is 3. The van der Waals surface area contributed by atoms with Gasteiger partial charge in [-0.05, 0) is 57.9 Å². The van der Waals surface area contributed by atoms with Gasteiger partial charge in [-0.3, -0.25) is 4.90 Å². The summed E-state index contributed by atoms with van der Waals surface area (Å²) in [5.74, 6) is 1.24. The minimum Gasteiger partial charge on any atom is -0.445 e. The van der Waals surface area contributed by atoms with Crippen LogP contribution >= 0.6 is 0 Å². The van der Waals surface area contributed by atoms with Crippen molar-refractivity contribution in [2.75, 3.05) is 31.1 Å². The fraction of sp³-hybridized carbons (Fsp3) is 0.571. The number of aromatic nitrogens is 3. The molecular weight excluding hydrogens is 600 g/mol. The summed E-state index contributed by atoms with van der Waals surface area (Å²) in [6.45, 7) is 11.6. The Balaban J connectivity index is 1.11. The number of fused-ring (bicyclic) bond motifs is 1. The van der Waals surface area contributed by atoms with Crippen LogP contribution in [-0.4, -0.2) is 86.6 Å². The molecule has 2 aromatic heterocycles. The Labute approximate surface area is 275 Å². The fourth-order valence-electron chi connectivity index (χ4n) is 6.21. The number of hydrogen-bond acceptors (Lipinski definition) is 8. The van der Waals surface area contributed by atoms with Gasteiger partial charge in [0.1, 0.15) is 24.1 Å². The van der Waals surface area contributed by atoms with Crippen molar-refractivity contribution < 1.29 is 28.6 Å². The van der Waals surface area contributed by atoms with E-state index in [-0.39, 0.29) is 18.6 Å². The highest BCUT2D eigenvalue weighted by atomic mass is 16.6. The van der Waals surface area contributed by atoms with Gasteiger partial charge in [-0.1, -0.05) is 44.2 Å². The molecule has 47 heavy (non-hydrogen) atoms. The second kappa shape index (κ2) is 13.4. The number of piperidine rings is 1. The molecule has 252 valence electrons. The standard InChI is InChI=1S/C35H46N6O6/c1-23(2)28-20-36-41-30(19-29(25-11-12-25)37-31(28)41)40(34(44)47-35(3,4)5)26-13-16-38(17-14-26)33(43)46-27-15-18-39(21-27)32(42)45-22-24-9-7-6-8-10-24/h6-10,19-20,23,25-27H,11-18,21-22H2,1-5H3/t27-/m0/s1. The van der Waals surface area contributed by atoms with E-state index in [1.807, 2.05) is 63.4 Å². The molecule has 1 atom stereocenters. The zero-order valence-corrected chi connectivity index (χ0v) is 28.1. The van der Waals surface area contributed by atoms with Gasteiger partial charge in [0, 0.05) is 55.3 Å². The minimum absolute atomic E-state index is 0.197. The molecule has 0 unspecified atom stereocenters. The van der Waals surface area contributed by atoms with Gasteiger partial charge in [0.25, 0.3) is 0 Å². The Morgan fingerprint density at radius 2 is 1.66 bits per heavy atom. The predicted octanol–water partition coefficient (Wildman–Crippen LogP) is 6.48. The van der Waals surface area contributed by atoms with E-state index in [4.69, 9.17) is 19.2 Å². The van der Waals surface area contributed by atoms with Gasteiger partial charge in [-0.25, -0.2) is 19.4 Å². The molecule has 4 heterocycles. The van der Waals surface area contributed by atoms with Crippen LogP contribution < -0.4 is 4.90 Å². The summed E-state index contributed by atoms with van der Waals surface area (Å²) in [5, 5.41) is 4.68. The monoisotopic (exact) mass is 646 g/mol. The lowest BCUT2D eigenvalue weighted by molar-refractivity contribution is 0.0493. The third-order valence-corrected chi connectivity index (χ3v) is 8.92. The number of hydrogen-bond donors (Lipinski definition) is 0. The van der Waals surface area contributed by atoms with Crippen molar-refractivity contribution in [3.05, 3.63) is 59.4 Å². The summed E-state index contributed by atoms with van der Waals surface area (Å²) in [5.41, 5.74) is 2.99. The molecule has 3 aliphatic rings. The van der Waals surface area contributed by atoms with Gasteiger partial charge in [-0.15, -0.1) is 0 Å². The molecule has 1 aromatic carbocycles.